The van der Waals surface area contributed by atoms with Gasteiger partial charge in [0.25, 0.3) is 0 Å². The Balaban J connectivity index is -0.0000000183. The first-order valence-electron chi connectivity index (χ1n) is 2.74. The third-order valence-corrected chi connectivity index (χ3v) is 0.134. The van der Waals surface area contributed by atoms with Crippen molar-refractivity contribution in [1.29, 1.82) is 0 Å². The van der Waals surface area contributed by atoms with Crippen LogP contribution in [0.1, 0.15) is 22.1 Å². The number of rotatable bonds is 1. The molecule has 0 aliphatic rings. The van der Waals surface area contributed by atoms with E-state index in [0.717, 1.165) is 0 Å². The quantitative estimate of drug-likeness (QED) is 0.649. The summed E-state index contributed by atoms with van der Waals surface area (Å²) < 4.78 is 27.4. The van der Waals surface area contributed by atoms with Crippen molar-refractivity contribution in [2.75, 3.05) is 13.3 Å². The molecule has 0 heterocycles. The fraction of sp³-hybridized carbons (Fsp3) is 0.714. The molecule has 0 aromatic carbocycles. The first kappa shape index (κ1) is 22.4. The molecule has 10 heavy (non-hydrogen) atoms. The topological polar surface area (TPSA) is 0 Å². The molecule has 0 aromatic heterocycles. The minimum atomic E-state index is -0.500. The number of hydrogen-bond donors (Lipinski definition) is 0. The van der Waals surface area contributed by atoms with Gasteiger partial charge < -0.3 is 14.4 Å². The molecule has 66 valence electrons. The van der Waals surface area contributed by atoms with Crippen molar-refractivity contribution >= 4 is 0 Å². The molecule has 0 unspecified atom stereocenters. The van der Waals surface area contributed by atoms with E-state index >= 15 is 0 Å². The molecule has 0 rings (SSSR count). The molecule has 0 saturated heterocycles. The standard InChI is InChI=1S/C3H7F.C2H4F.CH4.CH3.W/c1-2-3-4;1-2-3;;;/h2-3H2,1H3;1-2H2;1H4;1H3;/q;-1;;-1;+2/i1T;;;;. The summed E-state index contributed by atoms with van der Waals surface area (Å²) in [5, 5.41) is 0. The van der Waals surface area contributed by atoms with Gasteiger partial charge in [-0.25, -0.2) is 0 Å². The van der Waals surface area contributed by atoms with Gasteiger partial charge in [0.15, 0.2) is 0 Å². The average molecular weight is 326 g/mol. The average Bonchev–Trinajstić information content (AvgIpc) is 1.71. The third-order valence-electron chi connectivity index (χ3n) is 0.134. The van der Waals surface area contributed by atoms with Gasteiger partial charge in [-0.1, -0.05) is 14.3 Å². The molecular weight excluding hydrogens is 306 g/mol. The van der Waals surface area contributed by atoms with Gasteiger partial charge in [0, 0.05) is 1.37 Å². The van der Waals surface area contributed by atoms with Crippen LogP contribution in [-0.4, -0.2) is 13.3 Å². The maximum absolute atomic E-state index is 10.9. The van der Waals surface area contributed by atoms with Crippen molar-refractivity contribution in [2.24, 2.45) is 0 Å². The first-order chi connectivity index (χ1) is 3.83. The molecule has 0 radical (unpaired) electrons. The molecule has 0 fully saturated rings. The van der Waals surface area contributed by atoms with Crippen LogP contribution in [-0.2, 0) is 21.1 Å². The van der Waals surface area contributed by atoms with Gasteiger partial charge in [-0.15, -0.1) is 0 Å². The summed E-state index contributed by atoms with van der Waals surface area (Å²) in [5.41, 5.74) is 0. The Hall–Kier alpha value is 0.548. The van der Waals surface area contributed by atoms with Crippen LogP contribution in [0.3, 0.4) is 0 Å². The molecule has 0 aromatic rings. The van der Waals surface area contributed by atoms with Crippen LogP contribution < -0.4 is 0 Å². The van der Waals surface area contributed by atoms with E-state index in [1.165, 1.54) is 0 Å². The van der Waals surface area contributed by atoms with Gasteiger partial charge in [-0.3, -0.25) is 8.78 Å². The minimum Gasteiger partial charge on any atom is -0.358 e. The Morgan fingerprint density at radius 3 is 1.80 bits per heavy atom. The van der Waals surface area contributed by atoms with E-state index in [-0.39, 0.29) is 49.5 Å². The molecule has 0 N–H and O–H groups in total. The van der Waals surface area contributed by atoms with Crippen LogP contribution >= 0.6 is 0 Å². The van der Waals surface area contributed by atoms with E-state index in [2.05, 4.69) is 6.92 Å². The monoisotopic (exact) mass is 326 g/mol. The summed E-state index contributed by atoms with van der Waals surface area (Å²) in [5.74, 6) is 0. The maximum Gasteiger partial charge on any atom is 2.00 e. The second-order valence-corrected chi connectivity index (χ2v) is 0.732. The predicted octanol–water partition coefficient (Wildman–Crippen LogP) is 3.24. The van der Waals surface area contributed by atoms with E-state index in [1.54, 1.807) is 0 Å². The van der Waals surface area contributed by atoms with E-state index in [0.29, 0.717) is 6.42 Å². The smallest absolute Gasteiger partial charge is 0.358 e. The van der Waals surface area contributed by atoms with Gasteiger partial charge in [0.2, 0.25) is 0 Å². The summed E-state index contributed by atoms with van der Waals surface area (Å²) in [6, 6.07) is 0. The molecule has 0 saturated carbocycles. The van der Waals surface area contributed by atoms with Crippen molar-refractivity contribution < 1.29 is 31.2 Å². The van der Waals surface area contributed by atoms with E-state index in [1.807, 2.05) is 0 Å². The normalized spacial score (nSPS) is 6.10. The molecule has 0 aliphatic carbocycles. The van der Waals surface area contributed by atoms with E-state index in [4.69, 9.17) is 1.37 Å². The van der Waals surface area contributed by atoms with Gasteiger partial charge in [0.1, 0.15) is 0 Å². The van der Waals surface area contributed by atoms with Gasteiger partial charge in [-0.2, -0.15) is 0 Å². The number of hydrogen-bond acceptors (Lipinski definition) is 0. The van der Waals surface area contributed by atoms with Gasteiger partial charge in [0.05, 0.1) is 6.67 Å². The van der Waals surface area contributed by atoms with Crippen molar-refractivity contribution in [1.82, 2.24) is 0 Å². The second-order valence-electron chi connectivity index (χ2n) is 0.732. The van der Waals surface area contributed by atoms with Crippen LogP contribution in [0.5, 0.6) is 0 Å². The Kier molecular flexibility index (Phi) is 124. The molecule has 0 spiro atoms. The first-order valence-corrected chi connectivity index (χ1v) is 2.03. The summed E-state index contributed by atoms with van der Waals surface area (Å²) >= 11 is 0. The molecular formula is C7H18F2W. The fourth-order valence-electron chi connectivity index (χ4n) is 0. The van der Waals surface area contributed by atoms with Crippen molar-refractivity contribution in [3.8, 4) is 0 Å². The Labute approximate surface area is 80.1 Å². The predicted molar refractivity (Wildman–Crippen MR) is 40.7 cm³/mol. The van der Waals surface area contributed by atoms with Crippen LogP contribution in [0.2, 0.25) is 0 Å². The minimum absolute atomic E-state index is 0. The Morgan fingerprint density at radius 2 is 1.80 bits per heavy atom. The van der Waals surface area contributed by atoms with Gasteiger partial charge >= 0.3 is 21.1 Å². The van der Waals surface area contributed by atoms with E-state index in [9.17, 15) is 8.78 Å². The van der Waals surface area contributed by atoms with Gasteiger partial charge in [-0.05, 0) is 13.1 Å². The molecule has 0 amide bonds. The largest absolute Gasteiger partial charge is 2.00 e. The summed E-state index contributed by atoms with van der Waals surface area (Å²) in [7, 11) is 0. The SMILES string of the molecule is C.[3H]CCCF.[CH2-]CF.[CH3-].[W+2]. The van der Waals surface area contributed by atoms with Crippen molar-refractivity contribution in [3.63, 3.8) is 0 Å². The van der Waals surface area contributed by atoms with Crippen LogP contribution in [0.4, 0.5) is 8.78 Å². The number of alkyl halides is 2. The molecule has 0 aliphatic heterocycles. The van der Waals surface area contributed by atoms with Crippen LogP contribution in [0.15, 0.2) is 0 Å². The number of halogens is 2. The zero-order valence-corrected chi connectivity index (χ0v) is 8.63. The Morgan fingerprint density at radius 1 is 1.50 bits per heavy atom. The zero-order valence-electron chi connectivity index (χ0n) is 6.70. The zero-order chi connectivity index (χ0) is 6.83. The molecule has 0 atom stereocenters. The van der Waals surface area contributed by atoms with E-state index < -0.39 is 6.67 Å². The molecule has 0 bridgehead atoms. The summed E-state index contributed by atoms with van der Waals surface area (Å²) in [4.78, 5) is 0. The van der Waals surface area contributed by atoms with Crippen LogP contribution in [0, 0.1) is 14.4 Å². The maximum atomic E-state index is 10.9. The third kappa shape index (κ3) is 203. The summed E-state index contributed by atoms with van der Waals surface area (Å²) in [6.45, 7) is 2.19. The second kappa shape index (κ2) is 55.4. The molecule has 0 nitrogen and oxygen atoms in total. The Bertz CT molecular complexity index is 30.4. The van der Waals surface area contributed by atoms with Crippen molar-refractivity contribution in [2.45, 2.75) is 20.7 Å². The van der Waals surface area contributed by atoms with Crippen LogP contribution in [0.25, 0.3) is 0 Å². The molecule has 3 heteroatoms. The summed E-state index contributed by atoms with van der Waals surface area (Å²) in [6.07, 6.45) is 0.389. The fourth-order valence-corrected chi connectivity index (χ4v) is 0. The van der Waals surface area contributed by atoms with Crippen molar-refractivity contribution in [3.05, 3.63) is 14.4 Å².